The van der Waals surface area contributed by atoms with E-state index in [0.29, 0.717) is 12.3 Å². The molecule has 0 aliphatic carbocycles. The number of aromatic nitrogens is 4. The molecule has 0 N–H and O–H groups in total. The minimum Gasteiger partial charge on any atom is -0.275 e. The van der Waals surface area contributed by atoms with Gasteiger partial charge in [-0.3, -0.25) is 13.8 Å². The first-order valence-corrected chi connectivity index (χ1v) is 11.7. The van der Waals surface area contributed by atoms with Gasteiger partial charge in [0.25, 0.3) is 5.56 Å². The molecule has 150 valence electrons. The molecule has 3 heterocycles. The topological polar surface area (TPSA) is 52.2 Å². The molecule has 0 amide bonds. The highest BCUT2D eigenvalue weighted by Crippen LogP contribution is 2.27. The molecule has 0 bridgehead atoms. The van der Waals surface area contributed by atoms with Gasteiger partial charge in [0.2, 0.25) is 5.78 Å². The SMILES string of the molecule is Cc1ccccc1CSc1nnc2n(CCc3ccccc3)c(=O)c3sccc3n12. The van der Waals surface area contributed by atoms with Crippen LogP contribution in [0.3, 0.4) is 0 Å². The van der Waals surface area contributed by atoms with E-state index in [4.69, 9.17) is 0 Å². The predicted molar refractivity (Wildman–Crippen MR) is 124 cm³/mol. The maximum Gasteiger partial charge on any atom is 0.272 e. The highest BCUT2D eigenvalue weighted by atomic mass is 32.2. The van der Waals surface area contributed by atoms with Crippen molar-refractivity contribution < 1.29 is 0 Å². The van der Waals surface area contributed by atoms with Crippen LogP contribution in [0.25, 0.3) is 16.0 Å². The molecule has 0 spiro atoms. The number of fused-ring (bicyclic) bond motifs is 3. The van der Waals surface area contributed by atoms with Crippen LogP contribution >= 0.6 is 23.1 Å². The van der Waals surface area contributed by atoms with E-state index in [0.717, 1.165) is 27.5 Å². The van der Waals surface area contributed by atoms with Crippen molar-refractivity contribution in [2.45, 2.75) is 30.8 Å². The first-order valence-electron chi connectivity index (χ1n) is 9.79. The highest BCUT2D eigenvalue weighted by molar-refractivity contribution is 7.98. The lowest BCUT2D eigenvalue weighted by Crippen LogP contribution is -2.23. The van der Waals surface area contributed by atoms with E-state index < -0.39 is 0 Å². The summed E-state index contributed by atoms with van der Waals surface area (Å²) in [5.41, 5.74) is 4.62. The third kappa shape index (κ3) is 3.44. The summed E-state index contributed by atoms with van der Waals surface area (Å²) in [7, 11) is 0. The summed E-state index contributed by atoms with van der Waals surface area (Å²) in [6.07, 6.45) is 0.770. The van der Waals surface area contributed by atoms with Gasteiger partial charge >= 0.3 is 0 Å². The first kappa shape index (κ1) is 19.1. The Morgan fingerprint density at radius 3 is 2.63 bits per heavy atom. The molecule has 0 fully saturated rings. The van der Waals surface area contributed by atoms with Gasteiger partial charge in [0.05, 0.1) is 5.52 Å². The van der Waals surface area contributed by atoms with E-state index in [1.165, 1.54) is 28.0 Å². The Hall–Kier alpha value is -2.90. The average Bonchev–Trinajstić information content (AvgIpc) is 3.41. The van der Waals surface area contributed by atoms with Gasteiger partial charge in [-0.05, 0) is 41.5 Å². The fourth-order valence-electron chi connectivity index (χ4n) is 3.59. The number of thiophene rings is 1. The van der Waals surface area contributed by atoms with Crippen molar-refractivity contribution in [2.75, 3.05) is 0 Å². The Labute approximate surface area is 182 Å². The van der Waals surface area contributed by atoms with Crippen LogP contribution in [0, 0.1) is 6.92 Å². The van der Waals surface area contributed by atoms with Crippen LogP contribution in [0.5, 0.6) is 0 Å². The predicted octanol–water partition coefficient (Wildman–Crippen LogP) is 4.95. The largest absolute Gasteiger partial charge is 0.275 e. The van der Waals surface area contributed by atoms with Crippen LogP contribution < -0.4 is 5.56 Å². The van der Waals surface area contributed by atoms with Crippen LogP contribution in [-0.4, -0.2) is 19.2 Å². The number of benzene rings is 2. The molecule has 0 atom stereocenters. The second kappa shape index (κ2) is 8.08. The lowest BCUT2D eigenvalue weighted by Gasteiger charge is -2.10. The van der Waals surface area contributed by atoms with Gasteiger partial charge in [0.15, 0.2) is 5.16 Å². The summed E-state index contributed by atoms with van der Waals surface area (Å²) in [4.78, 5) is 13.1. The summed E-state index contributed by atoms with van der Waals surface area (Å²) >= 11 is 3.12. The second-order valence-electron chi connectivity index (χ2n) is 7.16. The fourth-order valence-corrected chi connectivity index (χ4v) is 5.44. The zero-order chi connectivity index (χ0) is 20.5. The third-order valence-corrected chi connectivity index (χ3v) is 7.14. The molecule has 3 aromatic heterocycles. The smallest absolute Gasteiger partial charge is 0.272 e. The summed E-state index contributed by atoms with van der Waals surface area (Å²) in [5.74, 6) is 1.41. The van der Waals surface area contributed by atoms with Crippen molar-refractivity contribution in [1.82, 2.24) is 19.2 Å². The maximum absolute atomic E-state index is 13.1. The first-order chi connectivity index (χ1) is 14.7. The van der Waals surface area contributed by atoms with Crippen molar-refractivity contribution in [1.29, 1.82) is 0 Å². The molecule has 0 unspecified atom stereocenters. The normalized spacial score (nSPS) is 11.5. The molecule has 0 radical (unpaired) electrons. The van der Waals surface area contributed by atoms with Crippen LogP contribution in [0.4, 0.5) is 0 Å². The quantitative estimate of drug-likeness (QED) is 0.356. The van der Waals surface area contributed by atoms with Crippen LogP contribution in [0.1, 0.15) is 16.7 Å². The Kier molecular flexibility index (Phi) is 5.14. The standard InChI is InChI=1S/C23H20N4OS2/c1-16-7-5-6-10-18(16)15-30-23-25-24-22-26(13-11-17-8-3-2-4-9-17)21(28)20-19(27(22)23)12-14-29-20/h2-10,12,14H,11,13,15H2,1H3. The Morgan fingerprint density at radius 1 is 1.00 bits per heavy atom. The Bertz CT molecular complexity index is 1390. The van der Waals surface area contributed by atoms with Gasteiger partial charge in [-0.25, -0.2) is 0 Å². The maximum atomic E-state index is 13.1. The van der Waals surface area contributed by atoms with Crippen molar-refractivity contribution in [3.63, 3.8) is 0 Å². The Balaban J connectivity index is 1.55. The van der Waals surface area contributed by atoms with Gasteiger partial charge < -0.3 is 0 Å². The van der Waals surface area contributed by atoms with E-state index in [2.05, 4.69) is 53.5 Å². The van der Waals surface area contributed by atoms with Crippen molar-refractivity contribution in [3.05, 3.63) is 93.1 Å². The van der Waals surface area contributed by atoms with E-state index in [-0.39, 0.29) is 5.56 Å². The van der Waals surface area contributed by atoms with E-state index in [1.54, 1.807) is 16.3 Å². The van der Waals surface area contributed by atoms with Crippen molar-refractivity contribution in [2.24, 2.45) is 0 Å². The van der Waals surface area contributed by atoms with Gasteiger partial charge in [-0.15, -0.1) is 21.5 Å². The number of hydrogen-bond donors (Lipinski definition) is 0. The number of aryl methyl sites for hydroxylation is 3. The lowest BCUT2D eigenvalue weighted by atomic mass is 10.1. The van der Waals surface area contributed by atoms with Crippen LogP contribution in [0.2, 0.25) is 0 Å². The molecule has 7 heteroatoms. The zero-order valence-corrected chi connectivity index (χ0v) is 18.1. The fraction of sp³-hybridized carbons (Fsp3) is 0.174. The molecule has 0 aliphatic heterocycles. The molecule has 5 aromatic rings. The molecule has 30 heavy (non-hydrogen) atoms. The number of rotatable bonds is 6. The van der Waals surface area contributed by atoms with Gasteiger partial charge in [0.1, 0.15) is 4.70 Å². The molecule has 5 nitrogen and oxygen atoms in total. The van der Waals surface area contributed by atoms with E-state index in [9.17, 15) is 4.79 Å². The molecule has 0 aliphatic rings. The molecule has 0 saturated carbocycles. The molecule has 5 rings (SSSR count). The highest BCUT2D eigenvalue weighted by Gasteiger charge is 2.18. The third-order valence-electron chi connectivity index (χ3n) is 5.27. The van der Waals surface area contributed by atoms with E-state index in [1.807, 2.05) is 34.0 Å². The minimum atomic E-state index is 0.00582. The molecule has 0 saturated heterocycles. The monoisotopic (exact) mass is 432 g/mol. The van der Waals surface area contributed by atoms with Crippen LogP contribution in [-0.2, 0) is 18.7 Å². The average molecular weight is 433 g/mol. The van der Waals surface area contributed by atoms with Gasteiger partial charge in [0, 0.05) is 12.3 Å². The van der Waals surface area contributed by atoms with E-state index >= 15 is 0 Å². The minimum absolute atomic E-state index is 0.00582. The van der Waals surface area contributed by atoms with Crippen LogP contribution in [0.15, 0.2) is 76.0 Å². The summed E-state index contributed by atoms with van der Waals surface area (Å²) in [6.45, 7) is 2.69. The van der Waals surface area contributed by atoms with Gasteiger partial charge in [-0.1, -0.05) is 66.4 Å². The summed E-state index contributed by atoms with van der Waals surface area (Å²) < 4.78 is 4.53. The molecule has 2 aromatic carbocycles. The number of thioether (sulfide) groups is 1. The van der Waals surface area contributed by atoms with Crippen molar-refractivity contribution in [3.8, 4) is 0 Å². The Morgan fingerprint density at radius 2 is 1.80 bits per heavy atom. The summed E-state index contributed by atoms with van der Waals surface area (Å²) in [5, 5.41) is 11.6. The summed E-state index contributed by atoms with van der Waals surface area (Å²) in [6, 6.07) is 20.6. The van der Waals surface area contributed by atoms with Crippen molar-refractivity contribution >= 4 is 39.1 Å². The second-order valence-corrected chi connectivity index (χ2v) is 9.02. The molecular formula is C23H20N4OS2. The zero-order valence-electron chi connectivity index (χ0n) is 16.5. The molecular weight excluding hydrogens is 412 g/mol. The lowest BCUT2D eigenvalue weighted by molar-refractivity contribution is 0.678. The van der Waals surface area contributed by atoms with Gasteiger partial charge in [-0.2, -0.15) is 0 Å². The number of hydrogen-bond acceptors (Lipinski definition) is 5. The number of nitrogens with zero attached hydrogens (tertiary/aromatic N) is 4.